The Bertz CT molecular complexity index is 279. The van der Waals surface area contributed by atoms with Gasteiger partial charge in [-0.05, 0) is 31.0 Å². The zero-order valence-electron chi connectivity index (χ0n) is 8.37. The Kier molecular flexibility index (Phi) is 3.40. The Labute approximate surface area is 85.5 Å². The van der Waals surface area contributed by atoms with Crippen LogP contribution in [-0.4, -0.2) is 7.11 Å². The average Bonchev–Trinajstić information content (AvgIpc) is 2.17. The first-order valence-electron chi connectivity index (χ1n) is 4.47. The smallest absolute Gasteiger partial charge is 0.0897 e. The van der Waals surface area contributed by atoms with Gasteiger partial charge in [-0.25, -0.2) is 0 Å². The average molecular weight is 196 g/mol. The maximum absolute atomic E-state index is 5.49. The van der Waals surface area contributed by atoms with Gasteiger partial charge in [0, 0.05) is 12.0 Å². The number of thiol groups is 1. The van der Waals surface area contributed by atoms with E-state index in [1.165, 1.54) is 5.56 Å². The zero-order valence-corrected chi connectivity index (χ0v) is 9.27. The molecule has 0 bridgehead atoms. The van der Waals surface area contributed by atoms with Crippen LogP contribution in [0.1, 0.15) is 25.8 Å². The van der Waals surface area contributed by atoms with Gasteiger partial charge in [-0.2, -0.15) is 0 Å². The van der Waals surface area contributed by atoms with E-state index in [0.717, 1.165) is 11.3 Å². The van der Waals surface area contributed by atoms with Crippen LogP contribution in [0.5, 0.6) is 0 Å². The summed E-state index contributed by atoms with van der Waals surface area (Å²) in [6, 6.07) is 8.10. The topological polar surface area (TPSA) is 9.23 Å². The van der Waals surface area contributed by atoms with Crippen LogP contribution in [-0.2, 0) is 10.3 Å². The van der Waals surface area contributed by atoms with Gasteiger partial charge in [0.05, 0.1) is 5.60 Å². The van der Waals surface area contributed by atoms with E-state index in [4.69, 9.17) is 4.74 Å². The van der Waals surface area contributed by atoms with E-state index in [-0.39, 0.29) is 5.60 Å². The van der Waals surface area contributed by atoms with E-state index in [9.17, 15) is 0 Å². The van der Waals surface area contributed by atoms with Gasteiger partial charge in [-0.3, -0.25) is 0 Å². The predicted molar refractivity (Wildman–Crippen MR) is 58.3 cm³/mol. The molecule has 0 spiro atoms. The third-order valence-corrected chi connectivity index (χ3v) is 2.86. The van der Waals surface area contributed by atoms with Crippen LogP contribution in [0.2, 0.25) is 0 Å². The van der Waals surface area contributed by atoms with Crippen LogP contribution in [0, 0.1) is 0 Å². The van der Waals surface area contributed by atoms with Gasteiger partial charge in [-0.1, -0.05) is 19.1 Å². The molecule has 0 N–H and O–H groups in total. The van der Waals surface area contributed by atoms with Crippen molar-refractivity contribution in [3.05, 3.63) is 29.8 Å². The lowest BCUT2D eigenvalue weighted by Crippen LogP contribution is -2.22. The van der Waals surface area contributed by atoms with Crippen molar-refractivity contribution in [3.63, 3.8) is 0 Å². The highest BCUT2D eigenvalue weighted by Crippen LogP contribution is 2.29. The van der Waals surface area contributed by atoms with E-state index in [0.29, 0.717) is 0 Å². The Morgan fingerprint density at radius 2 is 2.15 bits per heavy atom. The fourth-order valence-electron chi connectivity index (χ4n) is 1.30. The van der Waals surface area contributed by atoms with Crippen molar-refractivity contribution in [1.82, 2.24) is 0 Å². The van der Waals surface area contributed by atoms with Gasteiger partial charge in [0.25, 0.3) is 0 Å². The van der Waals surface area contributed by atoms with E-state index < -0.39 is 0 Å². The molecule has 0 aromatic heterocycles. The predicted octanol–water partition coefficient (Wildman–Crippen LogP) is 3.25. The second-order valence-corrected chi connectivity index (χ2v) is 3.86. The molecule has 0 saturated heterocycles. The van der Waals surface area contributed by atoms with Gasteiger partial charge < -0.3 is 4.74 Å². The maximum atomic E-state index is 5.49. The normalized spacial score (nSPS) is 15.4. The van der Waals surface area contributed by atoms with Crippen LogP contribution in [0.25, 0.3) is 0 Å². The molecule has 0 aliphatic rings. The first-order chi connectivity index (χ1) is 6.12. The number of rotatable bonds is 3. The van der Waals surface area contributed by atoms with E-state index >= 15 is 0 Å². The number of ether oxygens (including phenoxy) is 1. The molecule has 0 saturated carbocycles. The molecule has 1 aromatic rings. The van der Waals surface area contributed by atoms with Crippen molar-refractivity contribution < 1.29 is 4.74 Å². The molecule has 1 nitrogen and oxygen atoms in total. The first-order valence-corrected chi connectivity index (χ1v) is 4.92. The lowest BCUT2D eigenvalue weighted by atomic mass is 9.93. The molecule has 13 heavy (non-hydrogen) atoms. The van der Waals surface area contributed by atoms with Gasteiger partial charge >= 0.3 is 0 Å². The molecule has 2 heteroatoms. The minimum absolute atomic E-state index is 0.182. The summed E-state index contributed by atoms with van der Waals surface area (Å²) in [4.78, 5) is 0.981. The minimum Gasteiger partial charge on any atom is -0.374 e. The third-order valence-electron chi connectivity index (χ3n) is 2.58. The van der Waals surface area contributed by atoms with Gasteiger partial charge in [0.15, 0.2) is 0 Å². The molecule has 72 valence electrons. The highest BCUT2D eigenvalue weighted by Gasteiger charge is 2.23. The largest absolute Gasteiger partial charge is 0.374 e. The number of hydrogen-bond donors (Lipinski definition) is 1. The van der Waals surface area contributed by atoms with E-state index in [2.05, 4.69) is 38.6 Å². The van der Waals surface area contributed by atoms with Gasteiger partial charge in [-0.15, -0.1) is 12.6 Å². The molecule has 0 aliphatic carbocycles. The molecule has 0 aliphatic heterocycles. The Morgan fingerprint density at radius 1 is 1.46 bits per heavy atom. The summed E-state index contributed by atoms with van der Waals surface area (Å²) in [5, 5.41) is 0. The van der Waals surface area contributed by atoms with Crippen molar-refractivity contribution in [2.45, 2.75) is 30.8 Å². The van der Waals surface area contributed by atoms with Crippen LogP contribution < -0.4 is 0 Å². The third kappa shape index (κ3) is 2.26. The molecule has 0 radical (unpaired) electrons. The molecule has 1 rings (SSSR count). The van der Waals surface area contributed by atoms with Crippen LogP contribution in [0.4, 0.5) is 0 Å². The monoisotopic (exact) mass is 196 g/mol. The Balaban J connectivity index is 3.05. The second kappa shape index (κ2) is 4.16. The molecule has 1 atom stereocenters. The van der Waals surface area contributed by atoms with Crippen molar-refractivity contribution in [3.8, 4) is 0 Å². The molecule has 0 heterocycles. The number of benzene rings is 1. The van der Waals surface area contributed by atoms with Gasteiger partial charge in [0.1, 0.15) is 0 Å². The maximum Gasteiger partial charge on any atom is 0.0897 e. The summed E-state index contributed by atoms with van der Waals surface area (Å²) in [7, 11) is 1.74. The standard InChI is InChI=1S/C11H16OS/c1-4-11(2,12-3)9-6-5-7-10(13)8-9/h5-8,13H,4H2,1-3H3. The fourth-order valence-corrected chi connectivity index (χ4v) is 1.53. The van der Waals surface area contributed by atoms with Crippen LogP contribution >= 0.6 is 12.6 Å². The highest BCUT2D eigenvalue weighted by molar-refractivity contribution is 7.80. The Morgan fingerprint density at radius 3 is 2.62 bits per heavy atom. The van der Waals surface area contributed by atoms with Crippen molar-refractivity contribution in [2.75, 3.05) is 7.11 Å². The second-order valence-electron chi connectivity index (χ2n) is 3.34. The van der Waals surface area contributed by atoms with Crippen molar-refractivity contribution in [2.24, 2.45) is 0 Å². The summed E-state index contributed by atoms with van der Waals surface area (Å²) >= 11 is 4.31. The molecule has 0 fully saturated rings. The van der Waals surface area contributed by atoms with E-state index in [1.54, 1.807) is 7.11 Å². The van der Waals surface area contributed by atoms with Gasteiger partial charge in [0.2, 0.25) is 0 Å². The summed E-state index contributed by atoms with van der Waals surface area (Å²) in [6.07, 6.45) is 0.959. The molecule has 0 amide bonds. The van der Waals surface area contributed by atoms with Crippen molar-refractivity contribution in [1.29, 1.82) is 0 Å². The quantitative estimate of drug-likeness (QED) is 0.730. The van der Waals surface area contributed by atoms with Crippen molar-refractivity contribution >= 4 is 12.6 Å². The van der Waals surface area contributed by atoms with Crippen LogP contribution in [0.15, 0.2) is 29.2 Å². The fraction of sp³-hybridized carbons (Fsp3) is 0.455. The summed E-state index contributed by atoms with van der Waals surface area (Å²) in [5.41, 5.74) is 1.00. The summed E-state index contributed by atoms with van der Waals surface area (Å²) in [6.45, 7) is 4.21. The molecule has 1 aromatic carbocycles. The molecular formula is C11H16OS. The van der Waals surface area contributed by atoms with E-state index in [1.807, 2.05) is 12.1 Å². The molecular weight excluding hydrogens is 180 g/mol. The number of hydrogen-bond acceptors (Lipinski definition) is 2. The Hall–Kier alpha value is -0.470. The minimum atomic E-state index is -0.182. The SMILES string of the molecule is CCC(C)(OC)c1cccc(S)c1. The lowest BCUT2D eigenvalue weighted by Gasteiger charge is -2.27. The summed E-state index contributed by atoms with van der Waals surface area (Å²) in [5.74, 6) is 0. The van der Waals surface area contributed by atoms with Crippen LogP contribution in [0.3, 0.4) is 0 Å². The molecule has 1 unspecified atom stereocenters. The zero-order chi connectivity index (χ0) is 9.90. The first kappa shape index (κ1) is 10.6. The number of methoxy groups -OCH3 is 1. The summed E-state index contributed by atoms with van der Waals surface area (Å²) < 4.78 is 5.49. The highest BCUT2D eigenvalue weighted by atomic mass is 32.1. The lowest BCUT2D eigenvalue weighted by molar-refractivity contribution is -0.00155.